The average Bonchev–Trinajstić information content (AvgIpc) is 2.69. The molecule has 0 saturated carbocycles. The number of hydrogen-bond acceptors (Lipinski definition) is 3. The fourth-order valence-electron chi connectivity index (χ4n) is 3.09. The number of amides is 1. The van der Waals surface area contributed by atoms with Crippen molar-refractivity contribution in [3.63, 3.8) is 0 Å². The Kier molecular flexibility index (Phi) is 3.57. The van der Waals surface area contributed by atoms with Crippen molar-refractivity contribution < 1.29 is 13.2 Å². The highest BCUT2D eigenvalue weighted by atomic mass is 32.2. The number of nitrogens with one attached hydrogen (secondary N) is 1. The smallest absolute Gasteiger partial charge is 0.243 e. The Labute approximate surface area is 131 Å². The maximum Gasteiger partial charge on any atom is 0.243 e. The van der Waals surface area contributed by atoms with Crippen LogP contribution in [-0.4, -0.2) is 31.7 Å². The van der Waals surface area contributed by atoms with Crippen molar-refractivity contribution in [1.82, 2.24) is 4.31 Å². The number of carbonyl (C=O) groups excluding carboxylic acids is 1. The summed E-state index contributed by atoms with van der Waals surface area (Å²) in [5.74, 6) is 0.482. The molecule has 0 unspecified atom stereocenters. The Hall–Kier alpha value is -1.40. The summed E-state index contributed by atoms with van der Waals surface area (Å²) in [5.41, 5.74) is 0.766. The van der Waals surface area contributed by atoms with Gasteiger partial charge in [0.05, 0.1) is 10.3 Å². The molecular formula is C16H22N2O3S. The zero-order valence-corrected chi connectivity index (χ0v) is 14.0. The van der Waals surface area contributed by atoms with Crippen LogP contribution >= 0.6 is 0 Å². The Morgan fingerprint density at radius 2 is 1.86 bits per heavy atom. The van der Waals surface area contributed by atoms with Gasteiger partial charge >= 0.3 is 0 Å². The quantitative estimate of drug-likeness (QED) is 0.909. The minimum atomic E-state index is -3.48. The van der Waals surface area contributed by atoms with Crippen LogP contribution in [0.25, 0.3) is 0 Å². The highest BCUT2D eigenvalue weighted by Gasteiger charge is 2.39. The summed E-state index contributed by atoms with van der Waals surface area (Å²) < 4.78 is 27.2. The summed E-state index contributed by atoms with van der Waals surface area (Å²) in [5, 5.41) is 2.80. The van der Waals surface area contributed by atoms with E-state index >= 15 is 0 Å². The van der Waals surface area contributed by atoms with Gasteiger partial charge in [-0.25, -0.2) is 8.42 Å². The number of piperidine rings is 1. The molecule has 5 nitrogen and oxygen atoms in total. The molecule has 6 heteroatoms. The first kappa shape index (κ1) is 15.5. The predicted octanol–water partition coefficient (Wildman–Crippen LogP) is 2.34. The fraction of sp³-hybridized carbons (Fsp3) is 0.562. The van der Waals surface area contributed by atoms with Crippen LogP contribution in [0.15, 0.2) is 23.1 Å². The van der Waals surface area contributed by atoms with Crippen LogP contribution in [0.5, 0.6) is 0 Å². The van der Waals surface area contributed by atoms with Gasteiger partial charge in [-0.15, -0.1) is 0 Å². The number of anilines is 1. The van der Waals surface area contributed by atoms with Gasteiger partial charge in [-0.05, 0) is 56.4 Å². The largest absolute Gasteiger partial charge is 0.325 e. The van der Waals surface area contributed by atoms with Gasteiger partial charge in [-0.3, -0.25) is 4.79 Å². The van der Waals surface area contributed by atoms with Gasteiger partial charge in [0.15, 0.2) is 0 Å². The van der Waals surface area contributed by atoms with Crippen LogP contribution in [0.4, 0.5) is 5.69 Å². The van der Waals surface area contributed by atoms with Crippen molar-refractivity contribution in [2.24, 2.45) is 5.92 Å². The summed E-state index contributed by atoms with van der Waals surface area (Å²) >= 11 is 0. The molecule has 3 rings (SSSR count). The van der Waals surface area contributed by atoms with Crippen LogP contribution in [-0.2, 0) is 20.2 Å². The lowest BCUT2D eigenvalue weighted by Gasteiger charge is -2.29. The van der Waals surface area contributed by atoms with Crippen LogP contribution in [0.3, 0.4) is 0 Å². The fourth-order valence-corrected chi connectivity index (χ4v) is 4.58. The lowest BCUT2D eigenvalue weighted by atomic mass is 9.86. The van der Waals surface area contributed by atoms with Crippen molar-refractivity contribution in [2.45, 2.75) is 43.9 Å². The molecule has 1 fully saturated rings. The Balaban J connectivity index is 1.97. The number of sulfonamides is 1. The highest BCUT2D eigenvalue weighted by molar-refractivity contribution is 7.89. The zero-order valence-electron chi connectivity index (χ0n) is 13.2. The lowest BCUT2D eigenvalue weighted by Crippen LogP contribution is -2.38. The second-order valence-electron chi connectivity index (χ2n) is 6.87. The van der Waals surface area contributed by atoms with Gasteiger partial charge in [0.25, 0.3) is 0 Å². The number of rotatable bonds is 2. The Morgan fingerprint density at radius 1 is 1.23 bits per heavy atom. The van der Waals surface area contributed by atoms with Crippen molar-refractivity contribution in [3.8, 4) is 0 Å². The van der Waals surface area contributed by atoms with E-state index in [2.05, 4.69) is 12.2 Å². The van der Waals surface area contributed by atoms with Gasteiger partial charge in [0.1, 0.15) is 0 Å². The maximum absolute atomic E-state index is 12.8. The van der Waals surface area contributed by atoms with E-state index in [0.29, 0.717) is 24.7 Å². The summed E-state index contributed by atoms with van der Waals surface area (Å²) in [7, 11) is -3.48. The van der Waals surface area contributed by atoms with Crippen molar-refractivity contribution in [2.75, 3.05) is 18.4 Å². The molecule has 1 aromatic carbocycles. The van der Waals surface area contributed by atoms with E-state index in [1.807, 2.05) is 13.8 Å². The topological polar surface area (TPSA) is 66.5 Å². The van der Waals surface area contributed by atoms with E-state index in [1.165, 1.54) is 0 Å². The number of fused-ring (bicyclic) bond motifs is 1. The van der Waals surface area contributed by atoms with E-state index in [1.54, 1.807) is 22.5 Å². The first-order chi connectivity index (χ1) is 10.2. The van der Waals surface area contributed by atoms with Crippen LogP contribution < -0.4 is 5.32 Å². The number of benzene rings is 1. The maximum atomic E-state index is 12.8. The van der Waals surface area contributed by atoms with Gasteiger partial charge in [-0.2, -0.15) is 4.31 Å². The second-order valence-corrected chi connectivity index (χ2v) is 8.81. The molecule has 0 aliphatic carbocycles. The summed E-state index contributed by atoms with van der Waals surface area (Å²) in [6.45, 7) is 6.92. The van der Waals surface area contributed by atoms with Crippen LogP contribution in [0.1, 0.15) is 39.2 Å². The lowest BCUT2D eigenvalue weighted by molar-refractivity contribution is -0.119. The third-order valence-corrected chi connectivity index (χ3v) is 6.76. The molecule has 0 spiro atoms. The molecule has 0 aromatic heterocycles. The second kappa shape index (κ2) is 5.06. The minimum Gasteiger partial charge on any atom is -0.325 e. The van der Waals surface area contributed by atoms with E-state index in [9.17, 15) is 13.2 Å². The van der Waals surface area contributed by atoms with E-state index in [0.717, 1.165) is 18.4 Å². The molecule has 1 N–H and O–H groups in total. The Bertz CT molecular complexity index is 717. The molecule has 120 valence electrons. The predicted molar refractivity (Wildman–Crippen MR) is 85.3 cm³/mol. The molecule has 0 radical (unpaired) electrons. The van der Waals surface area contributed by atoms with E-state index in [4.69, 9.17) is 0 Å². The zero-order chi connectivity index (χ0) is 16.1. The first-order valence-corrected chi connectivity index (χ1v) is 9.13. The van der Waals surface area contributed by atoms with E-state index < -0.39 is 15.4 Å². The third kappa shape index (κ3) is 2.34. The molecule has 2 aliphatic heterocycles. The molecule has 1 saturated heterocycles. The SMILES string of the molecule is CC1CCN(S(=O)(=O)c2ccc3c(c2)C(C)(C)C(=O)N3)CC1. The number of carbonyl (C=O) groups is 1. The average molecular weight is 322 g/mol. The van der Waals surface area contributed by atoms with Gasteiger partial charge in [0, 0.05) is 18.8 Å². The number of hydrogen-bond donors (Lipinski definition) is 1. The summed E-state index contributed by atoms with van der Waals surface area (Å²) in [6.07, 6.45) is 1.80. The summed E-state index contributed by atoms with van der Waals surface area (Å²) in [6, 6.07) is 4.94. The summed E-state index contributed by atoms with van der Waals surface area (Å²) in [4.78, 5) is 12.3. The van der Waals surface area contributed by atoms with Crippen molar-refractivity contribution in [3.05, 3.63) is 23.8 Å². The third-order valence-electron chi connectivity index (χ3n) is 4.86. The molecule has 2 heterocycles. The minimum absolute atomic E-state index is 0.0937. The van der Waals surface area contributed by atoms with Crippen LogP contribution in [0.2, 0.25) is 0 Å². The van der Waals surface area contributed by atoms with E-state index in [-0.39, 0.29) is 10.8 Å². The normalized spacial score (nSPS) is 22.4. The monoisotopic (exact) mass is 322 g/mol. The van der Waals surface area contributed by atoms with Gasteiger partial charge < -0.3 is 5.32 Å². The van der Waals surface area contributed by atoms with Crippen LogP contribution in [0, 0.1) is 5.92 Å². The molecule has 1 aromatic rings. The standard InChI is InChI=1S/C16H22N2O3S/c1-11-6-8-18(9-7-11)22(20,21)12-4-5-14-13(10-12)16(2,3)15(19)17-14/h4-5,10-11H,6-9H2,1-3H3,(H,17,19). The molecule has 22 heavy (non-hydrogen) atoms. The van der Waals surface area contributed by atoms with Crippen molar-refractivity contribution in [1.29, 1.82) is 0 Å². The molecule has 1 amide bonds. The number of nitrogens with zero attached hydrogens (tertiary/aromatic N) is 1. The van der Waals surface area contributed by atoms with Gasteiger partial charge in [-0.1, -0.05) is 6.92 Å². The molecule has 0 bridgehead atoms. The molecular weight excluding hydrogens is 300 g/mol. The first-order valence-electron chi connectivity index (χ1n) is 7.69. The molecule has 0 atom stereocenters. The molecule has 2 aliphatic rings. The van der Waals surface area contributed by atoms with Crippen molar-refractivity contribution >= 4 is 21.6 Å². The highest BCUT2D eigenvalue weighted by Crippen LogP contribution is 2.39. The Morgan fingerprint density at radius 3 is 2.50 bits per heavy atom. The van der Waals surface area contributed by atoms with Gasteiger partial charge in [0.2, 0.25) is 15.9 Å².